The summed E-state index contributed by atoms with van der Waals surface area (Å²) < 4.78 is 5.26. The van der Waals surface area contributed by atoms with Gasteiger partial charge in [0.2, 0.25) is 0 Å². The van der Waals surface area contributed by atoms with Gasteiger partial charge in [-0.25, -0.2) is 4.79 Å². The third kappa shape index (κ3) is 1.85. The zero-order chi connectivity index (χ0) is 11.2. The maximum Gasteiger partial charge on any atom is 0.410 e. The van der Waals surface area contributed by atoms with Gasteiger partial charge in [-0.1, -0.05) is 0 Å². The third-order valence-electron chi connectivity index (χ3n) is 2.94. The Morgan fingerprint density at radius 2 is 2.13 bits per heavy atom. The first-order valence-electron chi connectivity index (χ1n) is 5.41. The molecule has 0 radical (unpaired) electrons. The van der Waals surface area contributed by atoms with Crippen molar-refractivity contribution < 1.29 is 14.3 Å². The maximum atomic E-state index is 11.7. The van der Waals surface area contributed by atoms with Gasteiger partial charge in [-0.15, -0.1) is 0 Å². The lowest BCUT2D eigenvalue weighted by Gasteiger charge is -2.35. The molecule has 2 rings (SSSR count). The first-order chi connectivity index (χ1) is 6.88. The molecule has 4 nitrogen and oxygen atoms in total. The smallest absolute Gasteiger partial charge is 0.410 e. The molecule has 84 valence electrons. The molecule has 2 aliphatic rings. The van der Waals surface area contributed by atoms with Crippen LogP contribution in [0.25, 0.3) is 0 Å². The molecule has 1 saturated heterocycles. The number of amides is 1. The van der Waals surface area contributed by atoms with E-state index in [2.05, 4.69) is 0 Å². The second kappa shape index (κ2) is 3.22. The van der Waals surface area contributed by atoms with Gasteiger partial charge in [-0.05, 0) is 33.1 Å². The summed E-state index contributed by atoms with van der Waals surface area (Å²) in [7, 11) is 0. The van der Waals surface area contributed by atoms with E-state index in [1.807, 2.05) is 20.8 Å². The number of rotatable bonds is 0. The summed E-state index contributed by atoms with van der Waals surface area (Å²) in [6, 6.07) is -0.181. The molecule has 0 spiro atoms. The van der Waals surface area contributed by atoms with Gasteiger partial charge in [-0.3, -0.25) is 9.69 Å². The van der Waals surface area contributed by atoms with Crippen LogP contribution in [0.2, 0.25) is 0 Å². The fourth-order valence-electron chi connectivity index (χ4n) is 2.25. The molecule has 0 aromatic rings. The molecule has 2 atom stereocenters. The molecular weight excluding hydrogens is 194 g/mol. The molecule has 0 aromatic carbocycles. The average molecular weight is 211 g/mol. The van der Waals surface area contributed by atoms with E-state index >= 15 is 0 Å². The summed E-state index contributed by atoms with van der Waals surface area (Å²) in [6.07, 6.45) is 1.24. The Bertz CT molecular complexity index is 305. The van der Waals surface area contributed by atoms with Crippen LogP contribution < -0.4 is 0 Å². The second-order valence-corrected chi connectivity index (χ2v) is 5.34. The minimum atomic E-state index is -0.484. The molecule has 1 aliphatic carbocycles. The van der Waals surface area contributed by atoms with Crippen LogP contribution in [0, 0.1) is 5.92 Å². The topological polar surface area (TPSA) is 46.6 Å². The second-order valence-electron chi connectivity index (χ2n) is 5.34. The van der Waals surface area contributed by atoms with E-state index in [1.165, 1.54) is 0 Å². The normalized spacial score (nSPS) is 29.8. The summed E-state index contributed by atoms with van der Waals surface area (Å²) in [5, 5.41) is 0. The number of ketones is 1. The molecule has 2 fully saturated rings. The lowest BCUT2D eigenvalue weighted by atomic mass is 9.79. The number of ether oxygens (including phenoxy) is 1. The van der Waals surface area contributed by atoms with Crippen molar-refractivity contribution in [2.45, 2.75) is 45.3 Å². The largest absolute Gasteiger partial charge is 0.444 e. The van der Waals surface area contributed by atoms with Crippen molar-refractivity contribution >= 4 is 11.9 Å². The van der Waals surface area contributed by atoms with Crippen LogP contribution in [0.15, 0.2) is 0 Å². The van der Waals surface area contributed by atoms with Crippen LogP contribution in [-0.4, -0.2) is 35.0 Å². The van der Waals surface area contributed by atoms with E-state index < -0.39 is 5.60 Å². The first-order valence-corrected chi connectivity index (χ1v) is 5.41. The van der Waals surface area contributed by atoms with Crippen LogP contribution >= 0.6 is 0 Å². The van der Waals surface area contributed by atoms with Crippen molar-refractivity contribution in [3.63, 3.8) is 0 Å². The van der Waals surface area contributed by atoms with Crippen LogP contribution in [0.5, 0.6) is 0 Å². The van der Waals surface area contributed by atoms with Crippen molar-refractivity contribution in [3.05, 3.63) is 0 Å². The van der Waals surface area contributed by atoms with Gasteiger partial charge >= 0.3 is 6.09 Å². The standard InChI is InChI=1S/C11H17NO3/c1-11(2,3)15-10(14)12-5-4-7-6-8(13)9(7)12/h7,9H,4-6H2,1-3H3/t7-,9-/m1/s1. The van der Waals surface area contributed by atoms with E-state index in [9.17, 15) is 9.59 Å². The van der Waals surface area contributed by atoms with Crippen LogP contribution in [0.1, 0.15) is 33.6 Å². The van der Waals surface area contributed by atoms with Crippen molar-refractivity contribution in [2.24, 2.45) is 5.92 Å². The highest BCUT2D eigenvalue weighted by molar-refractivity contribution is 5.94. The predicted molar refractivity (Wildman–Crippen MR) is 54.5 cm³/mol. The number of fused-ring (bicyclic) bond motifs is 1. The molecule has 0 bridgehead atoms. The van der Waals surface area contributed by atoms with E-state index in [0.29, 0.717) is 18.9 Å². The Hall–Kier alpha value is -1.06. The summed E-state index contributed by atoms with van der Waals surface area (Å²) >= 11 is 0. The first kappa shape index (κ1) is 10.5. The average Bonchev–Trinajstić information content (AvgIpc) is 2.38. The number of hydrogen-bond acceptors (Lipinski definition) is 3. The number of carbonyl (C=O) groups is 2. The van der Waals surface area contributed by atoms with Crippen LogP contribution in [-0.2, 0) is 9.53 Å². The molecule has 1 aliphatic heterocycles. The van der Waals surface area contributed by atoms with Crippen molar-refractivity contribution in [1.82, 2.24) is 4.90 Å². The predicted octanol–water partition coefficient (Wildman–Crippen LogP) is 1.58. The van der Waals surface area contributed by atoms with Gasteiger partial charge < -0.3 is 4.74 Å². The van der Waals surface area contributed by atoms with E-state index in [1.54, 1.807) is 4.90 Å². The Morgan fingerprint density at radius 3 is 2.67 bits per heavy atom. The third-order valence-corrected chi connectivity index (χ3v) is 2.94. The van der Waals surface area contributed by atoms with Crippen molar-refractivity contribution in [3.8, 4) is 0 Å². The van der Waals surface area contributed by atoms with E-state index in [4.69, 9.17) is 4.74 Å². The van der Waals surface area contributed by atoms with Gasteiger partial charge in [0.15, 0.2) is 5.78 Å². The molecular formula is C11H17NO3. The minimum absolute atomic E-state index is 0.181. The zero-order valence-electron chi connectivity index (χ0n) is 9.45. The van der Waals surface area contributed by atoms with E-state index in [-0.39, 0.29) is 17.9 Å². The number of hydrogen-bond donors (Lipinski definition) is 0. The SMILES string of the molecule is CC(C)(C)OC(=O)N1CC[C@@H]2CC(=O)[C@@H]21. The lowest BCUT2D eigenvalue weighted by Crippen LogP contribution is -2.51. The zero-order valence-corrected chi connectivity index (χ0v) is 9.45. The molecule has 15 heavy (non-hydrogen) atoms. The minimum Gasteiger partial charge on any atom is -0.444 e. The summed E-state index contributed by atoms with van der Waals surface area (Å²) in [5.41, 5.74) is -0.484. The van der Waals surface area contributed by atoms with Crippen molar-refractivity contribution in [2.75, 3.05) is 6.54 Å². The highest BCUT2D eigenvalue weighted by Crippen LogP contribution is 2.38. The fourth-order valence-corrected chi connectivity index (χ4v) is 2.25. The number of Topliss-reactive ketones (excluding diaryl/α,β-unsaturated/α-hetero) is 1. The Labute approximate surface area is 89.6 Å². The molecule has 4 heteroatoms. The molecule has 0 N–H and O–H groups in total. The quantitative estimate of drug-likeness (QED) is 0.611. The van der Waals surface area contributed by atoms with Gasteiger partial charge in [-0.2, -0.15) is 0 Å². The summed E-state index contributed by atoms with van der Waals surface area (Å²) in [5.74, 6) is 0.577. The summed E-state index contributed by atoms with van der Waals surface area (Å²) in [6.45, 7) is 6.17. The van der Waals surface area contributed by atoms with E-state index in [0.717, 1.165) is 6.42 Å². The Kier molecular flexibility index (Phi) is 2.24. The van der Waals surface area contributed by atoms with Gasteiger partial charge in [0.05, 0.1) is 6.04 Å². The highest BCUT2D eigenvalue weighted by atomic mass is 16.6. The number of nitrogens with zero attached hydrogens (tertiary/aromatic N) is 1. The molecule has 1 heterocycles. The van der Waals surface area contributed by atoms with Gasteiger partial charge in [0, 0.05) is 13.0 Å². The van der Waals surface area contributed by atoms with Crippen molar-refractivity contribution in [1.29, 1.82) is 0 Å². The maximum absolute atomic E-state index is 11.7. The Morgan fingerprint density at radius 1 is 1.47 bits per heavy atom. The summed E-state index contributed by atoms with van der Waals surface area (Å²) in [4.78, 5) is 24.7. The Balaban J connectivity index is 2.00. The number of carbonyl (C=O) groups excluding carboxylic acids is 2. The molecule has 1 saturated carbocycles. The molecule has 0 unspecified atom stereocenters. The molecule has 0 aromatic heterocycles. The fraction of sp³-hybridized carbons (Fsp3) is 0.818. The number of likely N-dealkylation sites (tertiary alicyclic amines) is 1. The lowest BCUT2D eigenvalue weighted by molar-refractivity contribution is -0.132. The van der Waals surface area contributed by atoms with Crippen LogP contribution in [0.4, 0.5) is 4.79 Å². The van der Waals surface area contributed by atoms with Crippen LogP contribution in [0.3, 0.4) is 0 Å². The molecule has 1 amide bonds. The monoisotopic (exact) mass is 211 g/mol. The van der Waals surface area contributed by atoms with Gasteiger partial charge in [0.25, 0.3) is 0 Å². The van der Waals surface area contributed by atoms with Gasteiger partial charge in [0.1, 0.15) is 5.60 Å². The highest BCUT2D eigenvalue weighted by Gasteiger charge is 2.50.